The first-order chi connectivity index (χ1) is 8.27. The Morgan fingerprint density at radius 1 is 0.579 bits per heavy atom. The minimum absolute atomic E-state index is 0. The van der Waals surface area contributed by atoms with E-state index in [2.05, 4.69) is 76.0 Å². The van der Waals surface area contributed by atoms with Crippen LogP contribution in [0.4, 0.5) is 0 Å². The second-order valence-electron chi connectivity index (χ2n) is 5.38. The summed E-state index contributed by atoms with van der Waals surface area (Å²) < 4.78 is 0. The van der Waals surface area contributed by atoms with Gasteiger partial charge in [0.15, 0.2) is 0 Å². The van der Waals surface area contributed by atoms with E-state index in [-0.39, 0.29) is 12.4 Å². The van der Waals surface area contributed by atoms with Gasteiger partial charge < -0.3 is 0 Å². The number of hydrogen-bond acceptors (Lipinski definition) is 6. The van der Waals surface area contributed by atoms with Crippen molar-refractivity contribution in [2.75, 3.05) is 67.9 Å². The molecule has 0 N–H and O–H groups in total. The molecule has 19 heavy (non-hydrogen) atoms. The number of nitrogens with zero attached hydrogens (tertiary/aromatic N) is 4. The van der Waals surface area contributed by atoms with Crippen LogP contribution in [0.1, 0.15) is 0 Å². The molecule has 118 valence electrons. The van der Waals surface area contributed by atoms with Gasteiger partial charge in [-0.1, -0.05) is 21.6 Å². The van der Waals surface area contributed by atoms with Crippen LogP contribution in [0.15, 0.2) is 0 Å². The standard InChI is InChI=1S/C12H30N4S2.ClH/c1-13(2)11(14(3)4)9-17-18-10-12(15(5)6)16(7)8;/h11-12H,9-10H2,1-8H3;1H. The van der Waals surface area contributed by atoms with E-state index in [1.54, 1.807) is 0 Å². The maximum atomic E-state index is 2.27. The largest absolute Gasteiger partial charge is 0.293 e. The van der Waals surface area contributed by atoms with Gasteiger partial charge in [0, 0.05) is 11.5 Å². The normalized spacial score (nSPS) is 12.3. The molecule has 0 saturated carbocycles. The first-order valence-electron chi connectivity index (χ1n) is 6.17. The van der Waals surface area contributed by atoms with Crippen molar-refractivity contribution in [2.45, 2.75) is 12.3 Å². The highest BCUT2D eigenvalue weighted by molar-refractivity contribution is 8.76. The molecule has 0 aromatic carbocycles. The van der Waals surface area contributed by atoms with Crippen molar-refractivity contribution in [3.63, 3.8) is 0 Å². The zero-order chi connectivity index (χ0) is 14.3. The smallest absolute Gasteiger partial charge is 0.0714 e. The van der Waals surface area contributed by atoms with Crippen molar-refractivity contribution in [1.82, 2.24) is 19.6 Å². The third-order valence-electron chi connectivity index (χ3n) is 2.90. The third kappa shape index (κ3) is 9.39. The molecule has 0 aromatic heterocycles. The highest BCUT2D eigenvalue weighted by atomic mass is 35.5. The summed E-state index contributed by atoms with van der Waals surface area (Å²) in [6.45, 7) is 0. The Hall–Kier alpha value is 0.830. The summed E-state index contributed by atoms with van der Waals surface area (Å²) in [5.41, 5.74) is 0. The predicted molar refractivity (Wildman–Crippen MR) is 94.5 cm³/mol. The van der Waals surface area contributed by atoms with E-state index in [0.717, 1.165) is 11.5 Å². The van der Waals surface area contributed by atoms with Gasteiger partial charge in [-0.15, -0.1) is 12.4 Å². The van der Waals surface area contributed by atoms with Gasteiger partial charge in [-0.2, -0.15) is 0 Å². The summed E-state index contributed by atoms with van der Waals surface area (Å²) in [6.07, 6.45) is 0.999. The predicted octanol–water partition coefficient (Wildman–Crippen LogP) is 1.69. The second kappa shape index (κ2) is 11.5. The minimum Gasteiger partial charge on any atom is -0.293 e. The fraction of sp³-hybridized carbons (Fsp3) is 1.00. The van der Waals surface area contributed by atoms with Crippen molar-refractivity contribution >= 4 is 34.0 Å². The molecule has 0 aromatic rings. The lowest BCUT2D eigenvalue weighted by atomic mass is 10.5. The molecule has 0 saturated heterocycles. The van der Waals surface area contributed by atoms with Crippen LogP contribution in [0.5, 0.6) is 0 Å². The molecular weight excluding hydrogens is 300 g/mol. The molecule has 7 heteroatoms. The zero-order valence-corrected chi connectivity index (χ0v) is 16.0. The molecule has 0 bridgehead atoms. The molecule has 0 unspecified atom stereocenters. The molecule has 0 aliphatic carbocycles. The molecule has 0 fully saturated rings. The molecule has 0 atom stereocenters. The lowest BCUT2D eigenvalue weighted by Gasteiger charge is -2.31. The fourth-order valence-corrected chi connectivity index (χ4v) is 4.67. The summed E-state index contributed by atoms with van der Waals surface area (Å²) >= 11 is 0. The number of hydrogen-bond donors (Lipinski definition) is 0. The van der Waals surface area contributed by atoms with E-state index < -0.39 is 0 Å². The third-order valence-corrected chi connectivity index (χ3v) is 5.25. The van der Waals surface area contributed by atoms with E-state index in [9.17, 15) is 0 Å². The van der Waals surface area contributed by atoms with Gasteiger partial charge in [0.05, 0.1) is 12.3 Å². The lowest BCUT2D eigenvalue weighted by molar-refractivity contribution is 0.151. The topological polar surface area (TPSA) is 13.0 Å². The Morgan fingerprint density at radius 2 is 0.789 bits per heavy atom. The Labute approximate surface area is 134 Å². The highest BCUT2D eigenvalue weighted by Gasteiger charge is 2.16. The van der Waals surface area contributed by atoms with Gasteiger partial charge >= 0.3 is 0 Å². The molecule has 0 aliphatic rings. The fourth-order valence-electron chi connectivity index (χ4n) is 1.74. The Bertz CT molecular complexity index is 178. The average molecular weight is 331 g/mol. The van der Waals surface area contributed by atoms with E-state index in [0.29, 0.717) is 12.3 Å². The van der Waals surface area contributed by atoms with Crippen LogP contribution in [0, 0.1) is 0 Å². The lowest BCUT2D eigenvalue weighted by Crippen LogP contribution is -2.43. The van der Waals surface area contributed by atoms with Crippen molar-refractivity contribution < 1.29 is 0 Å². The maximum Gasteiger partial charge on any atom is 0.0714 e. The van der Waals surface area contributed by atoms with Gasteiger partial charge in [0.25, 0.3) is 0 Å². The summed E-state index contributed by atoms with van der Waals surface area (Å²) in [7, 11) is 21.0. The molecule has 0 heterocycles. The van der Waals surface area contributed by atoms with Gasteiger partial charge in [-0.25, -0.2) is 0 Å². The molecule has 4 nitrogen and oxygen atoms in total. The summed E-state index contributed by atoms with van der Waals surface area (Å²) in [4.78, 5) is 9.07. The quantitative estimate of drug-likeness (QED) is 0.360. The van der Waals surface area contributed by atoms with E-state index in [1.165, 1.54) is 0 Å². The van der Waals surface area contributed by atoms with Crippen LogP contribution in [0.25, 0.3) is 0 Å². The molecule has 0 aliphatic heterocycles. The molecule has 0 amide bonds. The van der Waals surface area contributed by atoms with Crippen LogP contribution >= 0.6 is 34.0 Å². The zero-order valence-electron chi connectivity index (χ0n) is 13.6. The first-order valence-corrected chi connectivity index (χ1v) is 8.66. The van der Waals surface area contributed by atoms with Crippen LogP contribution in [-0.2, 0) is 0 Å². The summed E-state index contributed by atoms with van der Waals surface area (Å²) in [5.74, 6) is 2.25. The minimum atomic E-state index is 0. The Morgan fingerprint density at radius 3 is 0.947 bits per heavy atom. The maximum absolute atomic E-state index is 2.27. The monoisotopic (exact) mass is 330 g/mol. The van der Waals surface area contributed by atoms with Crippen LogP contribution in [0.3, 0.4) is 0 Å². The van der Waals surface area contributed by atoms with Crippen LogP contribution in [-0.4, -0.2) is 99.8 Å². The van der Waals surface area contributed by atoms with Gasteiger partial charge in [0.1, 0.15) is 0 Å². The van der Waals surface area contributed by atoms with Crippen LogP contribution in [0.2, 0.25) is 0 Å². The van der Waals surface area contributed by atoms with E-state index in [1.807, 2.05) is 21.6 Å². The van der Waals surface area contributed by atoms with Crippen LogP contribution < -0.4 is 0 Å². The molecular formula is C12H31ClN4S2. The second-order valence-corrected chi connectivity index (χ2v) is 7.94. The molecule has 0 spiro atoms. The van der Waals surface area contributed by atoms with Gasteiger partial charge in [0.2, 0.25) is 0 Å². The first kappa shape index (κ1) is 22.1. The summed E-state index contributed by atoms with van der Waals surface area (Å²) in [6, 6.07) is 0. The Kier molecular flexibility index (Phi) is 13.4. The average Bonchev–Trinajstić information content (AvgIpc) is 2.20. The van der Waals surface area contributed by atoms with Crippen molar-refractivity contribution in [1.29, 1.82) is 0 Å². The van der Waals surface area contributed by atoms with Crippen molar-refractivity contribution in [3.05, 3.63) is 0 Å². The molecule has 0 rings (SSSR count). The SMILES string of the molecule is CN(C)C(CSSCC(N(C)C)N(C)C)N(C)C.Cl. The van der Waals surface area contributed by atoms with E-state index in [4.69, 9.17) is 0 Å². The number of halogens is 1. The van der Waals surface area contributed by atoms with Crippen molar-refractivity contribution in [3.8, 4) is 0 Å². The molecule has 0 radical (unpaired) electrons. The number of rotatable bonds is 9. The highest BCUT2D eigenvalue weighted by Crippen LogP contribution is 2.25. The van der Waals surface area contributed by atoms with Gasteiger partial charge in [-0.3, -0.25) is 19.6 Å². The van der Waals surface area contributed by atoms with Crippen molar-refractivity contribution in [2.24, 2.45) is 0 Å². The summed E-state index contributed by atoms with van der Waals surface area (Å²) in [5, 5.41) is 0. The van der Waals surface area contributed by atoms with E-state index >= 15 is 0 Å². The van der Waals surface area contributed by atoms with Gasteiger partial charge in [-0.05, 0) is 56.4 Å². The Balaban J connectivity index is 0.